The molecule has 1 aliphatic heterocycles. The second kappa shape index (κ2) is 7.23. The monoisotopic (exact) mass is 386 g/mol. The molecule has 2 amide bonds. The van der Waals surface area contributed by atoms with Gasteiger partial charge in [-0.15, -0.1) is 0 Å². The first kappa shape index (κ1) is 19.2. The van der Waals surface area contributed by atoms with Gasteiger partial charge in [-0.05, 0) is 51.6 Å². The summed E-state index contributed by atoms with van der Waals surface area (Å²) in [7, 11) is 0. The third-order valence-electron chi connectivity index (χ3n) is 4.03. The van der Waals surface area contributed by atoms with Crippen LogP contribution in [0.25, 0.3) is 17.0 Å². The summed E-state index contributed by atoms with van der Waals surface area (Å²) in [6.45, 7) is 7.68. The normalized spacial score (nSPS) is 16.6. The van der Waals surface area contributed by atoms with Crippen LogP contribution in [-0.4, -0.2) is 38.7 Å². The molecule has 1 aliphatic rings. The van der Waals surface area contributed by atoms with Crippen LogP contribution in [0.4, 0.5) is 4.79 Å². The molecule has 1 saturated heterocycles. The molecule has 0 saturated carbocycles. The zero-order valence-corrected chi connectivity index (χ0v) is 16.6. The average molecular weight is 386 g/mol. The second-order valence-corrected chi connectivity index (χ2v) is 8.24. The van der Waals surface area contributed by atoms with Crippen molar-refractivity contribution in [3.05, 3.63) is 40.9 Å². The topological polar surface area (TPSA) is 68.6 Å². The highest BCUT2D eigenvalue weighted by molar-refractivity contribution is 8.18. The number of rotatable bonds is 4. The molecule has 1 fully saturated rings. The van der Waals surface area contributed by atoms with Gasteiger partial charge < -0.3 is 9.30 Å². The highest BCUT2D eigenvalue weighted by atomic mass is 32.2. The molecule has 0 atom stereocenters. The molecule has 0 unspecified atom stereocenters. The number of carbonyl (C=O) groups is 3. The molecular weight excluding hydrogens is 364 g/mol. The quantitative estimate of drug-likeness (QED) is 0.586. The SMILES string of the molecule is CCn1cc(C=C2SC(=O)N(CC(=O)OC(C)(C)C)C2=O)c2ccccc21. The van der Waals surface area contributed by atoms with Crippen molar-refractivity contribution in [2.24, 2.45) is 0 Å². The predicted molar refractivity (Wildman–Crippen MR) is 106 cm³/mol. The fraction of sp³-hybridized carbons (Fsp3) is 0.350. The van der Waals surface area contributed by atoms with Crippen LogP contribution in [0.15, 0.2) is 35.4 Å². The second-order valence-electron chi connectivity index (χ2n) is 7.24. The molecule has 2 heterocycles. The van der Waals surface area contributed by atoms with Crippen LogP contribution in [0.5, 0.6) is 0 Å². The van der Waals surface area contributed by atoms with Crippen molar-refractivity contribution >= 4 is 45.9 Å². The van der Waals surface area contributed by atoms with Gasteiger partial charge in [0.1, 0.15) is 12.1 Å². The van der Waals surface area contributed by atoms with E-state index in [9.17, 15) is 14.4 Å². The van der Waals surface area contributed by atoms with Crippen molar-refractivity contribution in [2.45, 2.75) is 39.8 Å². The summed E-state index contributed by atoms with van der Waals surface area (Å²) in [5.74, 6) is -1.07. The number of ether oxygens (including phenoxy) is 1. The van der Waals surface area contributed by atoms with Crippen LogP contribution in [0.2, 0.25) is 0 Å². The van der Waals surface area contributed by atoms with E-state index in [0.717, 1.165) is 39.7 Å². The first-order valence-corrected chi connectivity index (χ1v) is 9.56. The number of hydrogen-bond donors (Lipinski definition) is 0. The number of carbonyl (C=O) groups excluding carboxylic acids is 3. The molecule has 0 spiro atoms. The molecule has 1 aromatic heterocycles. The summed E-state index contributed by atoms with van der Waals surface area (Å²) >= 11 is 0.844. The number of amides is 2. The maximum atomic E-state index is 12.6. The van der Waals surface area contributed by atoms with E-state index in [-0.39, 0.29) is 6.54 Å². The summed E-state index contributed by atoms with van der Waals surface area (Å²) < 4.78 is 7.30. The minimum atomic E-state index is -0.670. The van der Waals surface area contributed by atoms with Crippen molar-refractivity contribution in [2.75, 3.05) is 6.54 Å². The van der Waals surface area contributed by atoms with Crippen molar-refractivity contribution in [1.82, 2.24) is 9.47 Å². The first-order chi connectivity index (χ1) is 12.7. The fourth-order valence-corrected chi connectivity index (χ4v) is 3.76. The molecule has 142 valence electrons. The van der Waals surface area contributed by atoms with E-state index in [4.69, 9.17) is 4.74 Å². The van der Waals surface area contributed by atoms with Gasteiger partial charge in [-0.1, -0.05) is 18.2 Å². The van der Waals surface area contributed by atoms with Crippen LogP contribution in [0.3, 0.4) is 0 Å². The zero-order chi connectivity index (χ0) is 19.8. The number of nitrogens with zero attached hydrogens (tertiary/aromatic N) is 2. The highest BCUT2D eigenvalue weighted by Crippen LogP contribution is 2.34. The minimum Gasteiger partial charge on any atom is -0.459 e. The Morgan fingerprint density at radius 3 is 2.59 bits per heavy atom. The van der Waals surface area contributed by atoms with E-state index in [1.54, 1.807) is 26.8 Å². The molecule has 7 heteroatoms. The Morgan fingerprint density at radius 2 is 1.93 bits per heavy atom. The number of para-hydroxylation sites is 1. The van der Waals surface area contributed by atoms with Gasteiger partial charge in [-0.2, -0.15) is 0 Å². The molecule has 1 aromatic carbocycles. The molecular formula is C20H22N2O4S. The van der Waals surface area contributed by atoms with Crippen molar-refractivity contribution < 1.29 is 19.1 Å². The number of thioether (sulfide) groups is 1. The molecule has 6 nitrogen and oxygen atoms in total. The van der Waals surface area contributed by atoms with E-state index in [2.05, 4.69) is 4.57 Å². The van der Waals surface area contributed by atoms with Crippen LogP contribution in [-0.2, 0) is 20.9 Å². The Bertz CT molecular complexity index is 953. The van der Waals surface area contributed by atoms with Crippen molar-refractivity contribution in [3.8, 4) is 0 Å². The maximum Gasteiger partial charge on any atom is 0.326 e. The van der Waals surface area contributed by atoms with Gasteiger partial charge in [0, 0.05) is 29.2 Å². The van der Waals surface area contributed by atoms with E-state index in [1.165, 1.54) is 0 Å². The number of aryl methyl sites for hydroxylation is 1. The fourth-order valence-electron chi connectivity index (χ4n) is 2.93. The molecule has 0 N–H and O–H groups in total. The summed E-state index contributed by atoms with van der Waals surface area (Å²) in [5, 5.41) is 0.551. The Balaban J connectivity index is 1.86. The number of benzene rings is 1. The molecule has 0 bridgehead atoms. The van der Waals surface area contributed by atoms with Crippen LogP contribution < -0.4 is 0 Å². The Hall–Kier alpha value is -2.54. The van der Waals surface area contributed by atoms with Gasteiger partial charge in [-0.3, -0.25) is 19.3 Å². The van der Waals surface area contributed by atoms with Gasteiger partial charge in [0.15, 0.2) is 0 Å². The minimum absolute atomic E-state index is 0.308. The van der Waals surface area contributed by atoms with E-state index in [0.29, 0.717) is 4.91 Å². The third-order valence-corrected chi connectivity index (χ3v) is 4.93. The average Bonchev–Trinajstić information content (AvgIpc) is 3.06. The van der Waals surface area contributed by atoms with E-state index >= 15 is 0 Å². The Labute approximate surface area is 162 Å². The third kappa shape index (κ3) is 4.08. The number of hydrogen-bond acceptors (Lipinski definition) is 5. The van der Waals surface area contributed by atoms with Gasteiger partial charge in [0.05, 0.1) is 4.91 Å². The van der Waals surface area contributed by atoms with E-state index in [1.807, 2.05) is 37.4 Å². The molecule has 27 heavy (non-hydrogen) atoms. The molecule has 3 rings (SSSR count). The molecule has 0 aliphatic carbocycles. The van der Waals surface area contributed by atoms with Gasteiger partial charge in [0.25, 0.3) is 11.1 Å². The number of fused-ring (bicyclic) bond motifs is 1. The first-order valence-electron chi connectivity index (χ1n) is 8.74. The van der Waals surface area contributed by atoms with E-state index < -0.39 is 22.7 Å². The summed E-state index contributed by atoms with van der Waals surface area (Å²) in [5.41, 5.74) is 1.27. The summed E-state index contributed by atoms with van der Waals surface area (Å²) in [6, 6.07) is 7.91. The predicted octanol–water partition coefficient (Wildman–Crippen LogP) is 4.04. The summed E-state index contributed by atoms with van der Waals surface area (Å²) in [4.78, 5) is 38.1. The van der Waals surface area contributed by atoms with Crippen LogP contribution in [0.1, 0.15) is 33.3 Å². The number of aromatic nitrogens is 1. The number of imide groups is 1. The maximum absolute atomic E-state index is 12.6. The standard InChI is InChI=1S/C20H22N2O4S/c1-5-21-11-13(14-8-6-7-9-15(14)21)10-16-18(24)22(19(25)27-16)12-17(23)26-20(2,3)4/h6-11H,5,12H2,1-4H3. The van der Waals surface area contributed by atoms with Crippen molar-refractivity contribution in [1.29, 1.82) is 0 Å². The lowest BCUT2D eigenvalue weighted by Crippen LogP contribution is -2.37. The summed E-state index contributed by atoms with van der Waals surface area (Å²) in [6.07, 6.45) is 3.68. The lowest BCUT2D eigenvalue weighted by Gasteiger charge is -2.21. The smallest absolute Gasteiger partial charge is 0.326 e. The Morgan fingerprint density at radius 1 is 1.22 bits per heavy atom. The zero-order valence-electron chi connectivity index (χ0n) is 15.8. The Kier molecular flexibility index (Phi) is 5.15. The molecule has 2 aromatic rings. The van der Waals surface area contributed by atoms with Crippen LogP contribution >= 0.6 is 11.8 Å². The van der Waals surface area contributed by atoms with Crippen LogP contribution in [0, 0.1) is 0 Å². The lowest BCUT2D eigenvalue weighted by atomic mass is 10.1. The molecule has 0 radical (unpaired) electrons. The largest absolute Gasteiger partial charge is 0.459 e. The van der Waals surface area contributed by atoms with Gasteiger partial charge in [-0.25, -0.2) is 0 Å². The van der Waals surface area contributed by atoms with Gasteiger partial charge >= 0.3 is 5.97 Å². The van der Waals surface area contributed by atoms with Gasteiger partial charge in [0.2, 0.25) is 0 Å². The lowest BCUT2D eigenvalue weighted by molar-refractivity contribution is -0.156. The highest BCUT2D eigenvalue weighted by Gasteiger charge is 2.37. The van der Waals surface area contributed by atoms with Crippen molar-refractivity contribution in [3.63, 3.8) is 0 Å². The number of esters is 1.